The van der Waals surface area contributed by atoms with Crippen LogP contribution in [0.5, 0.6) is 5.75 Å². The van der Waals surface area contributed by atoms with Crippen molar-refractivity contribution in [3.8, 4) is 11.8 Å². The van der Waals surface area contributed by atoms with Gasteiger partial charge in [0.15, 0.2) is 0 Å². The average molecular weight is 515 g/mol. The summed E-state index contributed by atoms with van der Waals surface area (Å²) < 4.78 is 20.0. The number of carbonyl (C=O) groups is 3. The topological polar surface area (TPSA) is 103 Å². The summed E-state index contributed by atoms with van der Waals surface area (Å²) in [6.45, 7) is 1.96. The Kier molecular flexibility index (Phi) is 5.14. The van der Waals surface area contributed by atoms with Crippen LogP contribution in [0.15, 0.2) is 36.4 Å². The first-order chi connectivity index (χ1) is 18.4. The molecule has 5 fully saturated rings. The Balaban J connectivity index is 1.02. The van der Waals surface area contributed by atoms with E-state index in [1.165, 1.54) is 12.1 Å². The van der Waals surface area contributed by atoms with Gasteiger partial charge in [-0.1, -0.05) is 6.07 Å². The molecule has 6 aliphatic rings. The molecule has 2 aliphatic carbocycles. The number of fused-ring (bicyclic) bond motifs is 3. The van der Waals surface area contributed by atoms with Gasteiger partial charge in [-0.2, -0.15) is 5.26 Å². The fourth-order valence-corrected chi connectivity index (χ4v) is 7.11. The molecule has 2 bridgehead atoms. The second-order valence-electron chi connectivity index (χ2n) is 11.3. The van der Waals surface area contributed by atoms with Crippen molar-refractivity contribution in [2.45, 2.75) is 62.3 Å². The van der Waals surface area contributed by atoms with E-state index in [-0.39, 0.29) is 41.7 Å². The van der Waals surface area contributed by atoms with Crippen LogP contribution in [0.4, 0.5) is 4.39 Å². The van der Waals surface area contributed by atoms with Gasteiger partial charge in [-0.25, -0.2) is 4.39 Å². The van der Waals surface area contributed by atoms with Crippen molar-refractivity contribution in [3.63, 3.8) is 0 Å². The Morgan fingerprint density at radius 2 is 1.87 bits per heavy atom. The predicted octanol–water partition coefficient (Wildman–Crippen LogP) is 2.86. The zero-order valence-electron chi connectivity index (χ0n) is 20.8. The van der Waals surface area contributed by atoms with E-state index in [1.807, 2.05) is 12.1 Å². The van der Waals surface area contributed by atoms with E-state index in [1.54, 1.807) is 17.0 Å². The summed E-state index contributed by atoms with van der Waals surface area (Å²) in [5.74, 6) is -0.438. The van der Waals surface area contributed by atoms with Gasteiger partial charge in [-0.05, 0) is 73.6 Å². The lowest BCUT2D eigenvalue weighted by atomic mass is 9.63. The average Bonchev–Trinajstić information content (AvgIpc) is 3.42. The molecule has 4 heterocycles. The Bertz CT molecular complexity index is 1420. The van der Waals surface area contributed by atoms with Crippen molar-refractivity contribution in [3.05, 3.63) is 64.5 Å². The summed E-state index contributed by atoms with van der Waals surface area (Å²) in [5.41, 5.74) is 1.82. The molecular weight excluding hydrogens is 487 g/mol. The van der Waals surface area contributed by atoms with Crippen molar-refractivity contribution in [2.75, 3.05) is 13.1 Å². The Morgan fingerprint density at radius 1 is 1.05 bits per heavy atom. The number of imide groups is 1. The first kappa shape index (κ1) is 23.4. The smallest absolute Gasteiger partial charge is 0.255 e. The lowest BCUT2D eigenvalue weighted by molar-refractivity contribution is -0.160. The minimum atomic E-state index is -0.920. The van der Waals surface area contributed by atoms with Crippen LogP contribution in [-0.2, 0) is 16.1 Å². The summed E-state index contributed by atoms with van der Waals surface area (Å²) in [6.07, 6.45) is 3.84. The lowest BCUT2D eigenvalue weighted by Crippen LogP contribution is -2.73. The van der Waals surface area contributed by atoms with E-state index in [4.69, 9.17) is 4.74 Å². The van der Waals surface area contributed by atoms with E-state index in [0.29, 0.717) is 36.3 Å². The number of likely N-dealkylation sites (tertiary alicyclic amines) is 1. The lowest BCUT2D eigenvalue weighted by Gasteiger charge is -2.53. The molecule has 1 N–H and O–H groups in total. The number of nitrogens with one attached hydrogen (secondary N) is 1. The van der Waals surface area contributed by atoms with Gasteiger partial charge in [0.05, 0.1) is 11.6 Å². The molecule has 8 nitrogen and oxygen atoms in total. The highest BCUT2D eigenvalue weighted by Crippen LogP contribution is 2.49. The summed E-state index contributed by atoms with van der Waals surface area (Å²) in [7, 11) is 0. The van der Waals surface area contributed by atoms with Gasteiger partial charge < -0.3 is 9.64 Å². The molecule has 3 saturated heterocycles. The van der Waals surface area contributed by atoms with Crippen LogP contribution >= 0.6 is 0 Å². The van der Waals surface area contributed by atoms with Crippen LogP contribution in [-0.4, -0.2) is 58.3 Å². The van der Waals surface area contributed by atoms with Crippen LogP contribution in [0, 0.1) is 23.1 Å². The molecule has 3 amide bonds. The second kappa shape index (κ2) is 8.37. The minimum Gasteiger partial charge on any atom is -0.489 e. The second-order valence-corrected chi connectivity index (χ2v) is 11.3. The summed E-state index contributed by atoms with van der Waals surface area (Å²) in [6, 6.07) is 12.4. The number of hydrogen-bond donors (Lipinski definition) is 1. The number of ether oxygens (including phenoxy) is 1. The molecule has 194 valence electrons. The molecule has 4 aliphatic heterocycles. The van der Waals surface area contributed by atoms with Crippen molar-refractivity contribution < 1.29 is 23.5 Å². The number of piperidine rings is 2. The molecule has 0 spiro atoms. The van der Waals surface area contributed by atoms with Crippen LogP contribution in [0.25, 0.3) is 0 Å². The quantitative estimate of drug-likeness (QED) is 0.616. The number of halogens is 1. The number of amides is 3. The Hall–Kier alpha value is -3.77. The standard InChI is InChI=1S/C29H27FN4O4/c30-20-4-6-22(16(8-20)12-31)19-13-33(14-19)24-2-1-3-25(24)38-21-5-7-23-17(9-21)15-34(27(23)36)29-10-18(11-29)26(35)32-28(29)37/h4-9,18-19,24-25H,1-3,10-11,13-15H2,(H,32,35,37)/t18?,24-,25+,29?/m1/s1. The molecule has 2 saturated carbocycles. The maximum atomic E-state index is 13.5. The first-order valence-electron chi connectivity index (χ1n) is 13.3. The first-order valence-corrected chi connectivity index (χ1v) is 13.3. The molecule has 8 rings (SSSR count). The fourth-order valence-electron chi connectivity index (χ4n) is 7.11. The van der Waals surface area contributed by atoms with Crippen LogP contribution in [0.2, 0.25) is 0 Å². The number of rotatable bonds is 5. The summed E-state index contributed by atoms with van der Waals surface area (Å²) >= 11 is 0. The monoisotopic (exact) mass is 514 g/mol. The van der Waals surface area contributed by atoms with Crippen molar-refractivity contribution in [2.24, 2.45) is 5.92 Å². The Labute approximate surface area is 219 Å². The zero-order valence-corrected chi connectivity index (χ0v) is 20.8. The third-order valence-corrected chi connectivity index (χ3v) is 9.26. The molecule has 2 aromatic carbocycles. The third kappa shape index (κ3) is 3.39. The van der Waals surface area contributed by atoms with Gasteiger partial charge in [0.2, 0.25) is 5.91 Å². The van der Waals surface area contributed by atoms with Gasteiger partial charge in [0.1, 0.15) is 23.2 Å². The number of nitriles is 1. The largest absolute Gasteiger partial charge is 0.489 e. The number of carbonyl (C=O) groups excluding carboxylic acids is 3. The molecule has 38 heavy (non-hydrogen) atoms. The fraction of sp³-hybridized carbons (Fsp3) is 0.448. The van der Waals surface area contributed by atoms with Gasteiger partial charge in [0.25, 0.3) is 11.8 Å². The van der Waals surface area contributed by atoms with E-state index in [2.05, 4.69) is 16.3 Å². The summed E-state index contributed by atoms with van der Waals surface area (Å²) in [4.78, 5) is 41.7. The van der Waals surface area contributed by atoms with Crippen molar-refractivity contribution in [1.29, 1.82) is 5.26 Å². The molecule has 0 unspecified atom stereocenters. The van der Waals surface area contributed by atoms with E-state index in [0.717, 1.165) is 43.5 Å². The maximum Gasteiger partial charge on any atom is 0.255 e. The van der Waals surface area contributed by atoms with Gasteiger partial charge >= 0.3 is 0 Å². The number of benzene rings is 2. The highest BCUT2D eigenvalue weighted by atomic mass is 19.1. The molecular formula is C29H27FN4O4. The van der Waals surface area contributed by atoms with Crippen molar-refractivity contribution in [1.82, 2.24) is 15.1 Å². The third-order valence-electron chi connectivity index (χ3n) is 9.26. The molecule has 2 atom stereocenters. The van der Waals surface area contributed by atoms with E-state index >= 15 is 0 Å². The van der Waals surface area contributed by atoms with E-state index < -0.39 is 11.4 Å². The minimum absolute atomic E-state index is 0.0204. The highest BCUT2D eigenvalue weighted by molar-refractivity contribution is 6.10. The van der Waals surface area contributed by atoms with Crippen molar-refractivity contribution >= 4 is 17.7 Å². The highest BCUT2D eigenvalue weighted by Gasteiger charge is 2.63. The van der Waals surface area contributed by atoms with Gasteiger partial charge in [-0.15, -0.1) is 0 Å². The van der Waals surface area contributed by atoms with E-state index in [9.17, 15) is 24.0 Å². The van der Waals surface area contributed by atoms with Crippen LogP contribution in [0.1, 0.15) is 65.1 Å². The molecule has 2 aromatic rings. The predicted molar refractivity (Wildman–Crippen MR) is 132 cm³/mol. The SMILES string of the molecule is N#Cc1cc(F)ccc1C1CN([C@@H]2CCC[C@@H]2Oc2ccc3c(c2)CN(C24CC(C2)C(=O)NC4=O)C3=O)C1. The molecule has 0 radical (unpaired) electrons. The normalized spacial score (nSPS) is 30.4. The zero-order chi connectivity index (χ0) is 26.2. The number of hydrogen-bond acceptors (Lipinski definition) is 6. The van der Waals surface area contributed by atoms with Crippen LogP contribution < -0.4 is 10.1 Å². The number of nitrogens with zero attached hydrogens (tertiary/aromatic N) is 3. The molecule has 9 heteroatoms. The van der Waals surface area contributed by atoms with Gasteiger partial charge in [0, 0.05) is 43.1 Å². The Morgan fingerprint density at radius 3 is 2.63 bits per heavy atom. The molecule has 0 aromatic heterocycles. The summed E-state index contributed by atoms with van der Waals surface area (Å²) in [5, 5.41) is 11.8. The maximum absolute atomic E-state index is 13.5. The van der Waals surface area contributed by atoms with Crippen LogP contribution in [0.3, 0.4) is 0 Å². The van der Waals surface area contributed by atoms with Gasteiger partial charge in [-0.3, -0.25) is 24.6 Å².